The molecule has 1 saturated carbocycles. The third-order valence-corrected chi connectivity index (χ3v) is 3.44. The second kappa shape index (κ2) is 5.14. The molecule has 2 atom stereocenters. The molecule has 1 aliphatic rings. The number of nitrogens with zero attached hydrogens (tertiary/aromatic N) is 1. The number of nitrogens with one attached hydrogen (secondary N) is 2. The van der Waals surface area contributed by atoms with E-state index in [1.807, 2.05) is 0 Å². The van der Waals surface area contributed by atoms with Gasteiger partial charge in [-0.25, -0.2) is 4.98 Å². The number of aromatic nitrogens is 2. The van der Waals surface area contributed by atoms with Crippen LogP contribution in [0, 0.1) is 5.92 Å². The SMILES string of the molecule is CCC1CCCCC1Nc1cc(=O)[nH]cn1. The second-order valence-corrected chi connectivity index (χ2v) is 4.50. The Morgan fingerprint density at radius 1 is 1.50 bits per heavy atom. The van der Waals surface area contributed by atoms with E-state index in [4.69, 9.17) is 0 Å². The van der Waals surface area contributed by atoms with Crippen molar-refractivity contribution in [2.24, 2.45) is 5.92 Å². The number of hydrogen-bond acceptors (Lipinski definition) is 3. The van der Waals surface area contributed by atoms with E-state index in [9.17, 15) is 4.79 Å². The van der Waals surface area contributed by atoms with Crippen molar-refractivity contribution in [2.75, 3.05) is 5.32 Å². The molecule has 2 unspecified atom stereocenters. The van der Waals surface area contributed by atoms with Crippen LogP contribution in [-0.2, 0) is 0 Å². The summed E-state index contributed by atoms with van der Waals surface area (Å²) in [4.78, 5) is 17.8. The highest BCUT2D eigenvalue weighted by molar-refractivity contribution is 5.33. The number of H-pyrrole nitrogens is 1. The average Bonchev–Trinajstić information content (AvgIpc) is 2.30. The van der Waals surface area contributed by atoms with Crippen LogP contribution in [0.2, 0.25) is 0 Å². The van der Waals surface area contributed by atoms with E-state index >= 15 is 0 Å². The Bertz CT molecular complexity index is 388. The van der Waals surface area contributed by atoms with Crippen molar-refractivity contribution in [3.8, 4) is 0 Å². The van der Waals surface area contributed by atoms with Gasteiger partial charge in [-0.3, -0.25) is 4.79 Å². The van der Waals surface area contributed by atoms with Crippen LogP contribution in [0.1, 0.15) is 39.0 Å². The zero-order chi connectivity index (χ0) is 11.4. The highest BCUT2D eigenvalue weighted by Crippen LogP contribution is 2.28. The van der Waals surface area contributed by atoms with Crippen LogP contribution in [0.15, 0.2) is 17.2 Å². The van der Waals surface area contributed by atoms with Crippen LogP contribution in [0.25, 0.3) is 0 Å². The minimum atomic E-state index is -0.0960. The van der Waals surface area contributed by atoms with Gasteiger partial charge in [-0.2, -0.15) is 0 Å². The molecule has 1 aliphatic carbocycles. The van der Waals surface area contributed by atoms with Gasteiger partial charge >= 0.3 is 0 Å². The van der Waals surface area contributed by atoms with Gasteiger partial charge in [-0.05, 0) is 18.8 Å². The third kappa shape index (κ3) is 2.62. The van der Waals surface area contributed by atoms with Gasteiger partial charge in [0.25, 0.3) is 5.56 Å². The van der Waals surface area contributed by atoms with Crippen LogP contribution >= 0.6 is 0 Å². The molecule has 0 saturated heterocycles. The Morgan fingerprint density at radius 2 is 2.31 bits per heavy atom. The molecule has 0 bridgehead atoms. The molecule has 2 rings (SSSR count). The molecule has 2 N–H and O–H groups in total. The summed E-state index contributed by atoms with van der Waals surface area (Å²) in [6.07, 6.45) is 7.73. The lowest BCUT2D eigenvalue weighted by molar-refractivity contribution is 0.317. The summed E-state index contributed by atoms with van der Waals surface area (Å²) in [5.74, 6) is 1.42. The van der Waals surface area contributed by atoms with Gasteiger partial charge in [0.1, 0.15) is 5.82 Å². The maximum atomic E-state index is 11.1. The Morgan fingerprint density at radius 3 is 3.06 bits per heavy atom. The van der Waals surface area contributed by atoms with E-state index < -0.39 is 0 Å². The second-order valence-electron chi connectivity index (χ2n) is 4.50. The zero-order valence-electron chi connectivity index (χ0n) is 9.70. The monoisotopic (exact) mass is 221 g/mol. The largest absolute Gasteiger partial charge is 0.367 e. The van der Waals surface area contributed by atoms with E-state index in [1.54, 1.807) is 0 Å². The zero-order valence-corrected chi connectivity index (χ0v) is 9.70. The van der Waals surface area contributed by atoms with Crippen molar-refractivity contribution < 1.29 is 0 Å². The molecular formula is C12H19N3O. The Balaban J connectivity index is 2.05. The molecular weight excluding hydrogens is 202 g/mol. The standard InChI is InChI=1S/C12H19N3O/c1-2-9-5-3-4-6-10(9)15-11-7-12(16)14-8-13-11/h7-10H,2-6H2,1H3,(H2,13,14,15,16). The van der Waals surface area contributed by atoms with E-state index in [0.717, 1.165) is 5.92 Å². The molecule has 16 heavy (non-hydrogen) atoms. The van der Waals surface area contributed by atoms with Gasteiger partial charge in [0.05, 0.1) is 6.33 Å². The van der Waals surface area contributed by atoms with Crippen molar-refractivity contribution in [1.82, 2.24) is 9.97 Å². The maximum Gasteiger partial charge on any atom is 0.252 e. The first-order valence-corrected chi connectivity index (χ1v) is 6.11. The number of anilines is 1. The number of rotatable bonds is 3. The Kier molecular flexibility index (Phi) is 3.59. The fraction of sp³-hybridized carbons (Fsp3) is 0.667. The summed E-state index contributed by atoms with van der Waals surface area (Å²) in [5, 5.41) is 3.39. The normalized spacial score (nSPS) is 25.3. The molecule has 1 aromatic heterocycles. The molecule has 0 spiro atoms. The van der Waals surface area contributed by atoms with Crippen LogP contribution < -0.4 is 10.9 Å². The lowest BCUT2D eigenvalue weighted by atomic mass is 9.83. The highest BCUT2D eigenvalue weighted by Gasteiger charge is 2.23. The minimum Gasteiger partial charge on any atom is -0.367 e. The smallest absolute Gasteiger partial charge is 0.252 e. The van der Waals surface area contributed by atoms with Gasteiger partial charge in [0.2, 0.25) is 0 Å². The van der Waals surface area contributed by atoms with Gasteiger partial charge in [-0.1, -0.05) is 26.2 Å². The van der Waals surface area contributed by atoms with Crippen molar-refractivity contribution >= 4 is 5.82 Å². The molecule has 0 amide bonds. The molecule has 1 aromatic rings. The summed E-state index contributed by atoms with van der Waals surface area (Å²) >= 11 is 0. The summed E-state index contributed by atoms with van der Waals surface area (Å²) in [5.41, 5.74) is -0.0960. The highest BCUT2D eigenvalue weighted by atomic mass is 16.1. The van der Waals surface area contributed by atoms with Gasteiger partial charge in [0, 0.05) is 12.1 Å². The predicted molar refractivity (Wildman–Crippen MR) is 64.5 cm³/mol. The first-order valence-electron chi connectivity index (χ1n) is 6.11. The molecule has 0 aliphatic heterocycles. The molecule has 1 heterocycles. The molecule has 0 radical (unpaired) electrons. The quantitative estimate of drug-likeness (QED) is 0.822. The average molecular weight is 221 g/mol. The van der Waals surface area contributed by atoms with Gasteiger partial charge in [0.15, 0.2) is 0 Å². The first-order chi connectivity index (χ1) is 7.79. The van der Waals surface area contributed by atoms with Crippen LogP contribution in [0.5, 0.6) is 0 Å². The number of aromatic amines is 1. The lowest BCUT2D eigenvalue weighted by Crippen LogP contribution is -2.32. The summed E-state index contributed by atoms with van der Waals surface area (Å²) in [6.45, 7) is 2.23. The van der Waals surface area contributed by atoms with Crippen LogP contribution in [0.4, 0.5) is 5.82 Å². The van der Waals surface area contributed by atoms with E-state index in [-0.39, 0.29) is 5.56 Å². The van der Waals surface area contributed by atoms with E-state index in [1.165, 1.54) is 44.5 Å². The fourth-order valence-corrected chi connectivity index (χ4v) is 2.52. The van der Waals surface area contributed by atoms with E-state index in [2.05, 4.69) is 22.2 Å². The van der Waals surface area contributed by atoms with Crippen molar-refractivity contribution in [2.45, 2.75) is 45.1 Å². The Hall–Kier alpha value is -1.32. The minimum absolute atomic E-state index is 0.0960. The molecule has 1 fully saturated rings. The van der Waals surface area contributed by atoms with Crippen LogP contribution in [0.3, 0.4) is 0 Å². The predicted octanol–water partition coefficient (Wildman–Crippen LogP) is 2.15. The number of hydrogen-bond donors (Lipinski definition) is 2. The van der Waals surface area contributed by atoms with Crippen molar-refractivity contribution in [3.63, 3.8) is 0 Å². The summed E-state index contributed by atoms with van der Waals surface area (Å²) < 4.78 is 0. The molecule has 0 aromatic carbocycles. The summed E-state index contributed by atoms with van der Waals surface area (Å²) in [7, 11) is 0. The van der Waals surface area contributed by atoms with Crippen LogP contribution in [-0.4, -0.2) is 16.0 Å². The van der Waals surface area contributed by atoms with Gasteiger partial charge in [-0.15, -0.1) is 0 Å². The van der Waals surface area contributed by atoms with Gasteiger partial charge < -0.3 is 10.3 Å². The summed E-state index contributed by atoms with van der Waals surface area (Å²) in [6, 6.07) is 2.01. The molecule has 4 heteroatoms. The fourth-order valence-electron chi connectivity index (χ4n) is 2.52. The molecule has 88 valence electrons. The lowest BCUT2D eigenvalue weighted by Gasteiger charge is -2.31. The van der Waals surface area contributed by atoms with E-state index in [0.29, 0.717) is 11.9 Å². The Labute approximate surface area is 95.5 Å². The van der Waals surface area contributed by atoms with Crippen molar-refractivity contribution in [3.05, 3.63) is 22.7 Å². The third-order valence-electron chi connectivity index (χ3n) is 3.44. The topological polar surface area (TPSA) is 57.8 Å². The molecule has 4 nitrogen and oxygen atoms in total. The van der Waals surface area contributed by atoms with Crippen molar-refractivity contribution in [1.29, 1.82) is 0 Å². The maximum absolute atomic E-state index is 11.1. The first kappa shape index (κ1) is 11.2.